The molecule has 0 saturated carbocycles. The molecule has 0 unspecified atom stereocenters. The van der Waals surface area contributed by atoms with Gasteiger partial charge in [-0.05, 0) is 12.5 Å². The lowest BCUT2D eigenvalue weighted by Gasteiger charge is -1.99. The molecular weight excluding hydrogens is 172 g/mol. The molecular formula is C9H10O2S. The van der Waals surface area contributed by atoms with Gasteiger partial charge in [-0.2, -0.15) is 0 Å². The Hall–Kier alpha value is -0.930. The predicted octanol–water partition coefficient (Wildman–Crippen LogP) is 1.57. The first kappa shape index (κ1) is 9.16. The average Bonchev–Trinajstić information content (AvgIpc) is 2.16. The van der Waals surface area contributed by atoms with Gasteiger partial charge in [-0.25, -0.2) is 4.21 Å². The zero-order valence-electron chi connectivity index (χ0n) is 6.82. The molecule has 0 aliphatic heterocycles. The summed E-state index contributed by atoms with van der Waals surface area (Å²) in [5.74, 6) is 0. The molecule has 0 heterocycles. The molecule has 2 nitrogen and oxygen atoms in total. The van der Waals surface area contributed by atoms with E-state index < -0.39 is 0 Å². The smallest absolute Gasteiger partial charge is 0.142 e. The van der Waals surface area contributed by atoms with Gasteiger partial charge in [-0.15, -0.1) is 0 Å². The molecule has 64 valence electrons. The van der Waals surface area contributed by atoms with E-state index in [2.05, 4.69) is 0 Å². The zero-order valence-corrected chi connectivity index (χ0v) is 7.64. The van der Waals surface area contributed by atoms with Crippen molar-refractivity contribution in [2.24, 2.45) is 0 Å². The molecule has 0 atom stereocenters. The van der Waals surface area contributed by atoms with Crippen molar-refractivity contribution in [2.75, 3.05) is 0 Å². The largest absolute Gasteiger partial charge is 0.332 e. The summed E-state index contributed by atoms with van der Waals surface area (Å²) in [6.07, 6.45) is 0. The van der Waals surface area contributed by atoms with Crippen LogP contribution >= 0.6 is 0 Å². The molecule has 1 aromatic rings. The molecule has 0 aliphatic carbocycles. The molecule has 0 aromatic heterocycles. The fraction of sp³-hybridized carbons (Fsp3) is 0.222. The van der Waals surface area contributed by atoms with Gasteiger partial charge < -0.3 is 4.74 Å². The minimum absolute atomic E-state index is 0.388. The number of ether oxygens (including phenoxy) is 1. The van der Waals surface area contributed by atoms with E-state index in [0.717, 1.165) is 5.56 Å². The summed E-state index contributed by atoms with van der Waals surface area (Å²) >= 11 is 0.388. The summed E-state index contributed by atoms with van der Waals surface area (Å²) in [5, 5.41) is 0.457. The molecule has 3 heteroatoms. The van der Waals surface area contributed by atoms with Crippen molar-refractivity contribution in [3.05, 3.63) is 35.9 Å². The minimum atomic E-state index is 0.388. The first-order valence-corrected chi connectivity index (χ1v) is 4.37. The van der Waals surface area contributed by atoms with E-state index in [1.165, 1.54) is 0 Å². The van der Waals surface area contributed by atoms with Crippen molar-refractivity contribution >= 4 is 16.3 Å². The Morgan fingerprint density at radius 2 is 2.08 bits per heavy atom. The van der Waals surface area contributed by atoms with E-state index in [-0.39, 0.29) is 0 Å². The van der Waals surface area contributed by atoms with Gasteiger partial charge in [0.25, 0.3) is 0 Å². The zero-order chi connectivity index (χ0) is 8.81. The highest BCUT2D eigenvalue weighted by atomic mass is 32.1. The number of rotatable bonds is 2. The van der Waals surface area contributed by atoms with E-state index in [1.54, 1.807) is 6.92 Å². The summed E-state index contributed by atoms with van der Waals surface area (Å²) < 4.78 is 15.4. The van der Waals surface area contributed by atoms with Crippen LogP contribution in [0.2, 0.25) is 0 Å². The van der Waals surface area contributed by atoms with E-state index >= 15 is 0 Å². The van der Waals surface area contributed by atoms with Crippen LogP contribution in [0.25, 0.3) is 0 Å². The van der Waals surface area contributed by atoms with Crippen LogP contribution < -0.4 is 0 Å². The Morgan fingerprint density at radius 3 is 2.67 bits per heavy atom. The summed E-state index contributed by atoms with van der Waals surface area (Å²) in [7, 11) is 0. The van der Waals surface area contributed by atoms with Crippen LogP contribution in [-0.2, 0) is 22.6 Å². The van der Waals surface area contributed by atoms with Gasteiger partial charge in [0.15, 0.2) is 0 Å². The van der Waals surface area contributed by atoms with Crippen molar-refractivity contribution in [1.82, 2.24) is 0 Å². The molecule has 0 spiro atoms. The molecule has 0 saturated heterocycles. The second kappa shape index (κ2) is 4.85. The summed E-state index contributed by atoms with van der Waals surface area (Å²) in [6.45, 7) is 2.14. The molecule has 0 radical (unpaired) electrons. The lowest BCUT2D eigenvalue weighted by Crippen LogP contribution is -1.98. The Balaban J connectivity index is 2.49. The topological polar surface area (TPSA) is 26.3 Å². The van der Waals surface area contributed by atoms with E-state index in [9.17, 15) is 4.21 Å². The molecule has 0 bridgehead atoms. The van der Waals surface area contributed by atoms with Gasteiger partial charge in [0.2, 0.25) is 0 Å². The van der Waals surface area contributed by atoms with Crippen LogP contribution in [0.4, 0.5) is 0 Å². The second-order valence-corrected chi connectivity index (χ2v) is 3.09. The lowest BCUT2D eigenvalue weighted by atomic mass is 10.2. The van der Waals surface area contributed by atoms with Crippen molar-refractivity contribution in [3.63, 3.8) is 0 Å². The molecule has 1 aromatic carbocycles. The van der Waals surface area contributed by atoms with Crippen LogP contribution in [0.3, 0.4) is 0 Å². The molecule has 0 amide bonds. The SMILES string of the molecule is CC(OCc1ccccc1)=S=O. The third-order valence-electron chi connectivity index (χ3n) is 1.40. The van der Waals surface area contributed by atoms with Crippen molar-refractivity contribution < 1.29 is 8.95 Å². The van der Waals surface area contributed by atoms with Crippen LogP contribution in [-0.4, -0.2) is 9.26 Å². The van der Waals surface area contributed by atoms with E-state index in [1.807, 2.05) is 30.3 Å². The molecule has 12 heavy (non-hydrogen) atoms. The Morgan fingerprint density at radius 1 is 1.42 bits per heavy atom. The number of hydrogen-bond acceptors (Lipinski definition) is 2. The van der Waals surface area contributed by atoms with Gasteiger partial charge in [0.1, 0.15) is 16.3 Å². The van der Waals surface area contributed by atoms with Crippen LogP contribution in [0.15, 0.2) is 30.3 Å². The van der Waals surface area contributed by atoms with Gasteiger partial charge in [-0.3, -0.25) is 0 Å². The summed E-state index contributed by atoms with van der Waals surface area (Å²) in [6, 6.07) is 9.75. The first-order valence-electron chi connectivity index (χ1n) is 3.63. The number of hydrogen-bond donors (Lipinski definition) is 0. The van der Waals surface area contributed by atoms with Gasteiger partial charge in [-0.1, -0.05) is 30.3 Å². The quantitative estimate of drug-likeness (QED) is 0.649. The fourth-order valence-corrected chi connectivity index (χ4v) is 0.890. The highest BCUT2D eigenvalue weighted by Gasteiger charge is 1.92. The van der Waals surface area contributed by atoms with Crippen LogP contribution in [0.5, 0.6) is 0 Å². The Kier molecular flexibility index (Phi) is 3.70. The minimum Gasteiger partial charge on any atom is -0.332 e. The molecule has 1 rings (SSSR count). The van der Waals surface area contributed by atoms with E-state index in [4.69, 9.17) is 4.74 Å². The molecule has 0 aliphatic rings. The van der Waals surface area contributed by atoms with E-state index in [0.29, 0.717) is 22.9 Å². The second-order valence-electron chi connectivity index (χ2n) is 2.35. The lowest BCUT2D eigenvalue weighted by molar-refractivity contribution is 0.298. The van der Waals surface area contributed by atoms with Crippen molar-refractivity contribution in [3.8, 4) is 0 Å². The maximum absolute atomic E-state index is 10.2. The first-order chi connectivity index (χ1) is 5.83. The Labute approximate surface area is 75.2 Å². The maximum Gasteiger partial charge on any atom is 0.142 e. The van der Waals surface area contributed by atoms with Gasteiger partial charge >= 0.3 is 0 Å². The van der Waals surface area contributed by atoms with Crippen molar-refractivity contribution in [2.45, 2.75) is 13.5 Å². The highest BCUT2D eigenvalue weighted by Crippen LogP contribution is 1.99. The highest BCUT2D eigenvalue weighted by molar-refractivity contribution is 7.66. The average molecular weight is 182 g/mol. The fourth-order valence-electron chi connectivity index (χ4n) is 0.783. The number of benzene rings is 1. The summed E-state index contributed by atoms with van der Waals surface area (Å²) in [4.78, 5) is 0. The standard InChI is InChI=1S/C9H10O2S/c1-8(12-10)11-7-9-5-3-2-4-6-9/h2-6H,7H2,1H3. The normalized spacial score (nSPS) is 9.42. The van der Waals surface area contributed by atoms with Crippen LogP contribution in [0, 0.1) is 0 Å². The summed E-state index contributed by atoms with van der Waals surface area (Å²) in [5.41, 5.74) is 1.07. The van der Waals surface area contributed by atoms with Gasteiger partial charge in [0.05, 0.1) is 6.61 Å². The maximum atomic E-state index is 10.2. The molecule has 0 fully saturated rings. The molecule has 0 N–H and O–H groups in total. The third-order valence-corrected chi connectivity index (χ3v) is 1.75. The van der Waals surface area contributed by atoms with Gasteiger partial charge in [0, 0.05) is 0 Å². The Bertz CT molecular complexity index is 289. The van der Waals surface area contributed by atoms with Crippen LogP contribution in [0.1, 0.15) is 12.5 Å². The third kappa shape index (κ3) is 2.98. The van der Waals surface area contributed by atoms with Crippen molar-refractivity contribution in [1.29, 1.82) is 0 Å². The monoisotopic (exact) mass is 182 g/mol. The predicted molar refractivity (Wildman–Crippen MR) is 50.1 cm³/mol.